The second-order valence-electron chi connectivity index (χ2n) is 6.02. The van der Waals surface area contributed by atoms with Gasteiger partial charge in [0.15, 0.2) is 0 Å². The van der Waals surface area contributed by atoms with Gasteiger partial charge in [-0.25, -0.2) is 9.59 Å². The number of rotatable bonds is 10. The SMILES string of the molecule is O=C(CNC(=O)OCc1ccccc1)N[C@H](CC[S@@](=O)c1ccccc1)C(=O)O. The van der Waals surface area contributed by atoms with Crippen LogP contribution < -0.4 is 10.6 Å². The van der Waals surface area contributed by atoms with E-state index in [-0.39, 0.29) is 18.8 Å². The van der Waals surface area contributed by atoms with Crippen molar-refractivity contribution in [1.82, 2.24) is 10.6 Å². The summed E-state index contributed by atoms with van der Waals surface area (Å²) in [6.45, 7) is -0.378. The molecule has 0 unspecified atom stereocenters. The predicted molar refractivity (Wildman–Crippen MR) is 107 cm³/mol. The first-order valence-electron chi connectivity index (χ1n) is 8.86. The molecule has 8 nitrogen and oxygen atoms in total. The molecule has 0 aliphatic carbocycles. The number of nitrogens with one attached hydrogen (secondary N) is 2. The number of hydrogen-bond acceptors (Lipinski definition) is 5. The highest BCUT2D eigenvalue weighted by Gasteiger charge is 2.21. The van der Waals surface area contributed by atoms with E-state index in [4.69, 9.17) is 4.74 Å². The van der Waals surface area contributed by atoms with Crippen molar-refractivity contribution in [3.63, 3.8) is 0 Å². The van der Waals surface area contributed by atoms with Crippen molar-refractivity contribution in [2.45, 2.75) is 24.0 Å². The number of aliphatic carboxylic acids is 1. The van der Waals surface area contributed by atoms with Crippen LogP contribution in [0.5, 0.6) is 0 Å². The minimum Gasteiger partial charge on any atom is -0.480 e. The van der Waals surface area contributed by atoms with Crippen molar-refractivity contribution >= 4 is 28.8 Å². The zero-order chi connectivity index (χ0) is 21.1. The van der Waals surface area contributed by atoms with Gasteiger partial charge in [-0.2, -0.15) is 0 Å². The molecule has 2 rings (SSSR count). The maximum Gasteiger partial charge on any atom is 0.407 e. The fourth-order valence-electron chi connectivity index (χ4n) is 2.34. The van der Waals surface area contributed by atoms with E-state index in [0.717, 1.165) is 5.56 Å². The van der Waals surface area contributed by atoms with Crippen molar-refractivity contribution < 1.29 is 28.4 Å². The number of alkyl carbamates (subject to hydrolysis) is 1. The van der Waals surface area contributed by atoms with Crippen LogP contribution in [0.2, 0.25) is 0 Å². The molecule has 2 atom stereocenters. The van der Waals surface area contributed by atoms with Crippen LogP contribution in [0, 0.1) is 0 Å². The molecule has 154 valence electrons. The van der Waals surface area contributed by atoms with Gasteiger partial charge in [0.05, 0.1) is 10.8 Å². The lowest BCUT2D eigenvalue weighted by Crippen LogP contribution is -2.46. The third-order valence-electron chi connectivity index (χ3n) is 3.84. The molecule has 0 fully saturated rings. The van der Waals surface area contributed by atoms with Crippen LogP contribution in [0.25, 0.3) is 0 Å². The average molecular weight is 418 g/mol. The summed E-state index contributed by atoms with van der Waals surface area (Å²) in [5, 5.41) is 13.8. The lowest BCUT2D eigenvalue weighted by molar-refractivity contribution is -0.141. The summed E-state index contributed by atoms with van der Waals surface area (Å²) in [5.74, 6) is -1.84. The van der Waals surface area contributed by atoms with Crippen LogP contribution in [0.15, 0.2) is 65.6 Å². The van der Waals surface area contributed by atoms with E-state index in [0.29, 0.717) is 4.90 Å². The Morgan fingerprint density at radius 2 is 1.62 bits per heavy atom. The Kier molecular flexibility index (Phi) is 8.84. The smallest absolute Gasteiger partial charge is 0.407 e. The number of amides is 2. The summed E-state index contributed by atoms with van der Waals surface area (Å²) >= 11 is 0. The number of carbonyl (C=O) groups excluding carboxylic acids is 2. The monoisotopic (exact) mass is 418 g/mol. The van der Waals surface area contributed by atoms with Crippen LogP contribution in [0.1, 0.15) is 12.0 Å². The van der Waals surface area contributed by atoms with Crippen molar-refractivity contribution in [2.75, 3.05) is 12.3 Å². The summed E-state index contributed by atoms with van der Waals surface area (Å²) in [4.78, 5) is 35.5. The molecule has 3 N–H and O–H groups in total. The molecule has 0 bridgehead atoms. The highest BCUT2D eigenvalue weighted by Crippen LogP contribution is 2.08. The van der Waals surface area contributed by atoms with Crippen LogP contribution in [-0.4, -0.2) is 45.6 Å². The Balaban J connectivity index is 1.73. The minimum absolute atomic E-state index is 0.0129. The Labute approximate surface area is 170 Å². The Morgan fingerprint density at radius 1 is 1.00 bits per heavy atom. The summed E-state index contributed by atoms with van der Waals surface area (Å²) in [6, 6.07) is 16.5. The van der Waals surface area contributed by atoms with Crippen molar-refractivity contribution in [3.8, 4) is 0 Å². The minimum atomic E-state index is -1.37. The Morgan fingerprint density at radius 3 is 2.24 bits per heavy atom. The predicted octanol–water partition coefficient (Wildman–Crippen LogP) is 1.68. The van der Waals surface area contributed by atoms with Gasteiger partial charge in [-0.3, -0.25) is 9.00 Å². The fourth-order valence-corrected chi connectivity index (χ4v) is 3.49. The van der Waals surface area contributed by atoms with Crippen LogP contribution in [0.3, 0.4) is 0 Å². The van der Waals surface area contributed by atoms with Gasteiger partial charge in [-0.15, -0.1) is 0 Å². The van der Waals surface area contributed by atoms with E-state index in [1.165, 1.54) is 0 Å². The lowest BCUT2D eigenvalue weighted by atomic mass is 10.2. The molecule has 2 aromatic rings. The summed E-state index contributed by atoms with van der Waals surface area (Å²) in [7, 11) is -1.37. The van der Waals surface area contributed by atoms with E-state index in [2.05, 4.69) is 10.6 Å². The van der Waals surface area contributed by atoms with Gasteiger partial charge in [0.25, 0.3) is 0 Å². The van der Waals surface area contributed by atoms with Crippen molar-refractivity contribution in [3.05, 3.63) is 66.2 Å². The maximum absolute atomic E-state index is 12.2. The quantitative estimate of drug-likeness (QED) is 0.540. The zero-order valence-electron chi connectivity index (χ0n) is 15.6. The maximum atomic E-state index is 12.2. The number of carbonyl (C=O) groups is 3. The first-order valence-corrected chi connectivity index (χ1v) is 10.2. The number of carboxylic acid groups (broad SMARTS) is 1. The third-order valence-corrected chi connectivity index (χ3v) is 5.24. The molecule has 0 saturated heterocycles. The molecule has 0 radical (unpaired) electrons. The molecule has 0 spiro atoms. The zero-order valence-corrected chi connectivity index (χ0v) is 16.4. The first-order chi connectivity index (χ1) is 14.0. The standard InChI is InChI=1S/C20H22N2O6S/c23-18(13-21-20(26)28-14-15-7-3-1-4-8-15)22-17(19(24)25)11-12-29(27)16-9-5-2-6-10-16/h1-10,17H,11-14H2,(H,21,26)(H,22,23)(H,24,25)/t17-,29-/m1/s1. The molecule has 0 aliphatic rings. The summed E-state index contributed by atoms with van der Waals surface area (Å²) in [6.07, 6.45) is -0.804. The van der Waals surface area contributed by atoms with E-state index in [9.17, 15) is 23.7 Å². The third kappa shape index (κ3) is 8.14. The van der Waals surface area contributed by atoms with Crippen molar-refractivity contribution in [2.24, 2.45) is 0 Å². The summed E-state index contributed by atoms with van der Waals surface area (Å²) < 4.78 is 17.2. The molecule has 9 heteroatoms. The molecule has 29 heavy (non-hydrogen) atoms. The van der Waals surface area contributed by atoms with Gasteiger partial charge >= 0.3 is 12.1 Å². The van der Waals surface area contributed by atoms with Gasteiger partial charge in [0, 0.05) is 10.6 Å². The molecule has 0 aromatic heterocycles. The first kappa shape index (κ1) is 22.1. The van der Waals surface area contributed by atoms with E-state index in [1.54, 1.807) is 54.6 Å². The average Bonchev–Trinajstić information content (AvgIpc) is 2.74. The number of hydrogen-bond donors (Lipinski definition) is 3. The van der Waals surface area contributed by atoms with Crippen LogP contribution in [-0.2, 0) is 31.7 Å². The van der Waals surface area contributed by atoms with Crippen molar-refractivity contribution in [1.29, 1.82) is 0 Å². The second kappa shape index (κ2) is 11.6. The number of ether oxygens (including phenoxy) is 1. The van der Waals surface area contributed by atoms with Gasteiger partial charge in [-0.05, 0) is 24.1 Å². The van der Waals surface area contributed by atoms with Crippen LogP contribution in [0.4, 0.5) is 4.79 Å². The Bertz CT molecular complexity index is 845. The normalized spacial score (nSPS) is 12.4. The van der Waals surface area contributed by atoms with Crippen LogP contribution >= 0.6 is 0 Å². The fraction of sp³-hybridized carbons (Fsp3) is 0.250. The number of carboxylic acids is 1. The highest BCUT2D eigenvalue weighted by molar-refractivity contribution is 7.85. The Hall–Kier alpha value is -3.20. The molecule has 0 aliphatic heterocycles. The second-order valence-corrected chi connectivity index (χ2v) is 7.60. The van der Waals surface area contributed by atoms with Gasteiger partial charge in [0.2, 0.25) is 5.91 Å². The largest absolute Gasteiger partial charge is 0.480 e. The molecule has 0 saturated carbocycles. The highest BCUT2D eigenvalue weighted by atomic mass is 32.2. The summed E-state index contributed by atoms with van der Waals surface area (Å²) in [5.41, 5.74) is 0.796. The molecule has 2 amide bonds. The van der Waals surface area contributed by atoms with E-state index >= 15 is 0 Å². The molecule has 0 heterocycles. The van der Waals surface area contributed by atoms with E-state index in [1.807, 2.05) is 6.07 Å². The molecular weight excluding hydrogens is 396 g/mol. The lowest BCUT2D eigenvalue weighted by Gasteiger charge is -2.14. The van der Waals surface area contributed by atoms with Gasteiger partial charge in [-0.1, -0.05) is 48.5 Å². The topological polar surface area (TPSA) is 122 Å². The number of benzene rings is 2. The molecular formula is C20H22N2O6S. The van der Waals surface area contributed by atoms with Gasteiger partial charge < -0.3 is 20.5 Å². The molecule has 2 aromatic carbocycles. The van der Waals surface area contributed by atoms with E-state index < -0.39 is 41.4 Å². The van der Waals surface area contributed by atoms with Gasteiger partial charge in [0.1, 0.15) is 19.2 Å².